The Morgan fingerprint density at radius 1 is 1.40 bits per heavy atom. The highest BCUT2D eigenvalue weighted by molar-refractivity contribution is 8.18. The number of nitro groups is 1. The fourth-order valence-electron chi connectivity index (χ4n) is 2.06. The molecule has 1 aliphatic rings. The minimum absolute atomic E-state index is 0.0353. The molecule has 0 N–H and O–H groups in total. The average molecular weight is 366 g/mol. The van der Waals surface area contributed by atoms with E-state index in [9.17, 15) is 24.5 Å². The lowest BCUT2D eigenvalue weighted by Gasteiger charge is -2.10. The fraction of sp³-hybridized carbons (Fsp3) is 0.267. The number of nitro benzene ring substituents is 1. The maximum atomic E-state index is 12.3. The van der Waals surface area contributed by atoms with Gasteiger partial charge in [-0.15, -0.1) is 0 Å². The second kappa shape index (κ2) is 7.79. The molecule has 0 unspecified atom stereocenters. The maximum Gasteiger partial charge on any atom is 0.326 e. The number of imide groups is 1. The van der Waals surface area contributed by atoms with Crippen LogP contribution in [0.2, 0.25) is 0 Å². The first-order chi connectivity index (χ1) is 11.9. The van der Waals surface area contributed by atoms with Crippen molar-refractivity contribution in [1.82, 2.24) is 4.90 Å². The Bertz CT molecular complexity index is 775. The summed E-state index contributed by atoms with van der Waals surface area (Å²) in [5, 5.41) is 10.3. The van der Waals surface area contributed by atoms with Gasteiger partial charge in [-0.3, -0.25) is 29.4 Å². The number of rotatable bonds is 6. The van der Waals surface area contributed by atoms with Crippen LogP contribution in [0.5, 0.6) is 5.75 Å². The van der Waals surface area contributed by atoms with E-state index >= 15 is 0 Å². The molecule has 1 aliphatic heterocycles. The highest BCUT2D eigenvalue weighted by atomic mass is 32.2. The molecule has 0 aromatic heterocycles. The zero-order chi connectivity index (χ0) is 18.6. The summed E-state index contributed by atoms with van der Waals surface area (Å²) in [6.45, 7) is 1.26. The molecule has 0 saturated carbocycles. The third-order valence-electron chi connectivity index (χ3n) is 3.18. The van der Waals surface area contributed by atoms with Crippen molar-refractivity contribution < 1.29 is 28.8 Å². The standard InChI is InChI=1S/C15H14N2O7S/c1-3-24-13(18)8-16-14(19)12(25-15(16)20)7-9-6-10(17(21)22)4-5-11(9)23-2/h4-7H,3,8H2,1-2H3/b12-7+. The van der Waals surface area contributed by atoms with E-state index in [1.165, 1.54) is 31.4 Å². The van der Waals surface area contributed by atoms with Gasteiger partial charge in [-0.05, 0) is 30.8 Å². The Balaban J connectivity index is 2.31. The molecular formula is C15H14N2O7S. The molecule has 0 radical (unpaired) electrons. The van der Waals surface area contributed by atoms with Crippen molar-refractivity contribution in [3.05, 3.63) is 38.8 Å². The molecule has 1 saturated heterocycles. The molecule has 2 amide bonds. The summed E-state index contributed by atoms with van der Waals surface area (Å²) in [4.78, 5) is 46.8. The maximum absolute atomic E-state index is 12.3. The molecule has 10 heteroatoms. The van der Waals surface area contributed by atoms with E-state index in [-0.39, 0.29) is 22.8 Å². The molecule has 2 rings (SSSR count). The molecule has 9 nitrogen and oxygen atoms in total. The van der Waals surface area contributed by atoms with Crippen molar-refractivity contribution >= 4 is 40.6 Å². The summed E-state index contributed by atoms with van der Waals surface area (Å²) in [7, 11) is 1.38. The lowest BCUT2D eigenvalue weighted by Crippen LogP contribution is -2.34. The molecule has 1 aromatic carbocycles. The van der Waals surface area contributed by atoms with Crippen LogP contribution in [0.3, 0.4) is 0 Å². The SMILES string of the molecule is CCOC(=O)CN1C(=O)S/C(=C/c2cc([N+](=O)[O-])ccc2OC)C1=O. The zero-order valence-electron chi connectivity index (χ0n) is 13.4. The number of hydrogen-bond donors (Lipinski definition) is 0. The molecular weight excluding hydrogens is 352 g/mol. The van der Waals surface area contributed by atoms with Crippen molar-refractivity contribution in [3.8, 4) is 5.75 Å². The second-order valence-corrected chi connectivity index (χ2v) is 5.75. The van der Waals surface area contributed by atoms with Gasteiger partial charge in [0.15, 0.2) is 0 Å². The number of esters is 1. The van der Waals surface area contributed by atoms with Crippen molar-refractivity contribution in [2.24, 2.45) is 0 Å². The van der Waals surface area contributed by atoms with Crippen molar-refractivity contribution in [1.29, 1.82) is 0 Å². The van der Waals surface area contributed by atoms with Crippen molar-refractivity contribution in [3.63, 3.8) is 0 Å². The number of hydrogen-bond acceptors (Lipinski definition) is 8. The number of carbonyl (C=O) groups is 3. The number of methoxy groups -OCH3 is 1. The zero-order valence-corrected chi connectivity index (χ0v) is 14.2. The molecule has 0 atom stereocenters. The van der Waals surface area contributed by atoms with E-state index < -0.39 is 28.6 Å². The number of ether oxygens (including phenoxy) is 2. The van der Waals surface area contributed by atoms with Crippen molar-refractivity contribution in [2.75, 3.05) is 20.3 Å². The van der Waals surface area contributed by atoms with Gasteiger partial charge in [0.05, 0.1) is 23.5 Å². The molecule has 1 fully saturated rings. The number of carbonyl (C=O) groups excluding carboxylic acids is 3. The van der Waals surface area contributed by atoms with E-state index in [1.54, 1.807) is 6.92 Å². The Labute approximate surface area is 146 Å². The molecule has 0 spiro atoms. The number of non-ortho nitro benzene ring substituents is 1. The molecule has 25 heavy (non-hydrogen) atoms. The van der Waals surface area contributed by atoms with Crippen LogP contribution in [0.1, 0.15) is 12.5 Å². The Morgan fingerprint density at radius 2 is 2.12 bits per heavy atom. The van der Waals surface area contributed by atoms with Crippen LogP contribution in [0, 0.1) is 10.1 Å². The van der Waals surface area contributed by atoms with E-state index in [4.69, 9.17) is 9.47 Å². The summed E-state index contributed by atoms with van der Waals surface area (Å²) in [6, 6.07) is 3.90. The third-order valence-corrected chi connectivity index (χ3v) is 4.08. The Hall–Kier alpha value is -2.88. The minimum Gasteiger partial charge on any atom is -0.496 e. The topological polar surface area (TPSA) is 116 Å². The Morgan fingerprint density at radius 3 is 2.72 bits per heavy atom. The van der Waals surface area contributed by atoms with Crippen LogP contribution in [0.15, 0.2) is 23.1 Å². The molecule has 1 heterocycles. The first-order valence-corrected chi connectivity index (χ1v) is 7.92. The van der Waals surface area contributed by atoms with Crippen LogP contribution < -0.4 is 4.74 Å². The predicted molar refractivity (Wildman–Crippen MR) is 89.0 cm³/mol. The van der Waals surface area contributed by atoms with Gasteiger partial charge in [-0.25, -0.2) is 0 Å². The fourth-order valence-corrected chi connectivity index (χ4v) is 2.89. The van der Waals surface area contributed by atoms with Crippen LogP contribution in [0.4, 0.5) is 10.5 Å². The highest BCUT2D eigenvalue weighted by Crippen LogP contribution is 2.34. The second-order valence-electron chi connectivity index (χ2n) is 4.76. The van der Waals surface area contributed by atoms with Gasteiger partial charge in [0.1, 0.15) is 12.3 Å². The van der Waals surface area contributed by atoms with Crippen LogP contribution in [0.25, 0.3) is 6.08 Å². The Kier molecular flexibility index (Phi) is 5.75. The molecule has 1 aromatic rings. The van der Waals surface area contributed by atoms with Crippen LogP contribution in [-0.2, 0) is 14.3 Å². The summed E-state index contributed by atoms with van der Waals surface area (Å²) in [5.74, 6) is -1.06. The van der Waals surface area contributed by atoms with Crippen LogP contribution in [-0.4, -0.2) is 47.2 Å². The number of benzene rings is 1. The lowest BCUT2D eigenvalue weighted by atomic mass is 10.1. The first kappa shape index (κ1) is 18.5. The summed E-state index contributed by atoms with van der Waals surface area (Å²) in [5.41, 5.74) is 0.0936. The van der Waals surface area contributed by atoms with Gasteiger partial charge in [-0.2, -0.15) is 0 Å². The predicted octanol–water partition coefficient (Wildman–Crippen LogP) is 2.20. The van der Waals surface area contributed by atoms with Crippen LogP contribution >= 0.6 is 11.8 Å². The number of nitrogens with zero attached hydrogens (tertiary/aromatic N) is 2. The lowest BCUT2D eigenvalue weighted by molar-refractivity contribution is -0.384. The van der Waals surface area contributed by atoms with Gasteiger partial charge >= 0.3 is 5.97 Å². The van der Waals surface area contributed by atoms with E-state index in [0.717, 1.165) is 4.90 Å². The average Bonchev–Trinajstić information content (AvgIpc) is 2.82. The quantitative estimate of drug-likeness (QED) is 0.326. The van der Waals surface area contributed by atoms with Gasteiger partial charge in [0, 0.05) is 17.7 Å². The largest absolute Gasteiger partial charge is 0.496 e. The van der Waals surface area contributed by atoms with E-state index in [2.05, 4.69) is 0 Å². The smallest absolute Gasteiger partial charge is 0.326 e. The van der Waals surface area contributed by atoms with Gasteiger partial charge in [0.2, 0.25) is 0 Å². The summed E-state index contributed by atoms with van der Waals surface area (Å²) < 4.78 is 9.84. The molecule has 0 bridgehead atoms. The number of thioether (sulfide) groups is 1. The first-order valence-electron chi connectivity index (χ1n) is 7.10. The minimum atomic E-state index is -0.695. The van der Waals surface area contributed by atoms with Gasteiger partial charge < -0.3 is 9.47 Å². The summed E-state index contributed by atoms with van der Waals surface area (Å²) >= 11 is 0.635. The molecule has 0 aliphatic carbocycles. The van der Waals surface area contributed by atoms with E-state index in [1.807, 2.05) is 0 Å². The number of amides is 2. The van der Waals surface area contributed by atoms with Crippen molar-refractivity contribution in [2.45, 2.75) is 6.92 Å². The van der Waals surface area contributed by atoms with E-state index in [0.29, 0.717) is 17.5 Å². The highest BCUT2D eigenvalue weighted by Gasteiger charge is 2.36. The third kappa shape index (κ3) is 4.15. The van der Waals surface area contributed by atoms with Gasteiger partial charge in [0.25, 0.3) is 16.8 Å². The monoisotopic (exact) mass is 366 g/mol. The normalized spacial score (nSPS) is 15.6. The van der Waals surface area contributed by atoms with Gasteiger partial charge in [-0.1, -0.05) is 0 Å². The molecule has 132 valence electrons. The summed E-state index contributed by atoms with van der Waals surface area (Å²) in [6.07, 6.45) is 1.32.